The average molecular weight is 403 g/mol. The second-order valence-corrected chi connectivity index (χ2v) is 10.3. The summed E-state index contributed by atoms with van der Waals surface area (Å²) in [6, 6.07) is 12.0. The first-order chi connectivity index (χ1) is 13.0. The maximum atomic E-state index is 12.4. The van der Waals surface area contributed by atoms with Gasteiger partial charge in [0, 0.05) is 31.6 Å². The highest BCUT2D eigenvalue weighted by Crippen LogP contribution is 2.30. The van der Waals surface area contributed by atoms with Gasteiger partial charge in [-0.15, -0.1) is 11.3 Å². The SMILES string of the molecule is CC(C)S(=O)(=O)N1CCN(c2nc(-c3cccs3)nc3ccccc23)CC1. The van der Waals surface area contributed by atoms with Crippen LogP contribution in [0.25, 0.3) is 21.6 Å². The number of fused-ring (bicyclic) bond motifs is 1. The minimum Gasteiger partial charge on any atom is -0.353 e. The molecule has 142 valence electrons. The van der Waals surface area contributed by atoms with Crippen LogP contribution in [0.15, 0.2) is 41.8 Å². The third-order valence-electron chi connectivity index (χ3n) is 4.82. The number of sulfonamides is 1. The minimum absolute atomic E-state index is 0.394. The molecule has 1 saturated heterocycles. The Hall–Kier alpha value is -2.03. The van der Waals surface area contributed by atoms with Gasteiger partial charge in [-0.3, -0.25) is 0 Å². The summed E-state index contributed by atoms with van der Waals surface area (Å²) in [6.45, 7) is 5.66. The molecule has 4 rings (SSSR count). The van der Waals surface area contributed by atoms with Crippen LogP contribution >= 0.6 is 11.3 Å². The van der Waals surface area contributed by atoms with E-state index in [1.807, 2.05) is 41.8 Å². The van der Waals surface area contributed by atoms with Crippen LogP contribution in [0.1, 0.15) is 13.8 Å². The Labute approximate surface area is 163 Å². The number of anilines is 1. The molecule has 8 heteroatoms. The van der Waals surface area contributed by atoms with E-state index in [9.17, 15) is 8.42 Å². The van der Waals surface area contributed by atoms with Crippen molar-refractivity contribution in [1.29, 1.82) is 0 Å². The van der Waals surface area contributed by atoms with Crippen molar-refractivity contribution in [2.75, 3.05) is 31.1 Å². The number of nitrogens with zero attached hydrogens (tertiary/aromatic N) is 4. The van der Waals surface area contributed by atoms with Gasteiger partial charge in [-0.2, -0.15) is 4.31 Å². The summed E-state index contributed by atoms with van der Waals surface area (Å²) < 4.78 is 26.5. The molecule has 27 heavy (non-hydrogen) atoms. The number of thiophene rings is 1. The van der Waals surface area contributed by atoms with Gasteiger partial charge in [0.2, 0.25) is 10.0 Å². The molecule has 1 aromatic carbocycles. The summed E-state index contributed by atoms with van der Waals surface area (Å²) in [5, 5.41) is 2.62. The molecular formula is C19H22N4O2S2. The monoisotopic (exact) mass is 402 g/mol. The number of piperazine rings is 1. The second-order valence-electron chi connectivity index (χ2n) is 6.85. The van der Waals surface area contributed by atoms with Gasteiger partial charge in [-0.05, 0) is 37.4 Å². The zero-order valence-electron chi connectivity index (χ0n) is 15.4. The van der Waals surface area contributed by atoms with Crippen LogP contribution in [-0.4, -0.2) is 54.1 Å². The second kappa shape index (κ2) is 7.18. The third kappa shape index (κ3) is 3.44. The topological polar surface area (TPSA) is 66.4 Å². The molecule has 0 saturated carbocycles. The zero-order valence-corrected chi connectivity index (χ0v) is 17.0. The molecule has 2 aromatic heterocycles. The third-order valence-corrected chi connectivity index (χ3v) is 7.96. The molecule has 3 aromatic rings. The molecule has 0 unspecified atom stereocenters. The highest BCUT2D eigenvalue weighted by molar-refractivity contribution is 7.89. The molecule has 1 fully saturated rings. The van der Waals surface area contributed by atoms with Crippen LogP contribution in [0.4, 0.5) is 5.82 Å². The van der Waals surface area contributed by atoms with Crippen LogP contribution in [0.5, 0.6) is 0 Å². The first kappa shape index (κ1) is 18.3. The van der Waals surface area contributed by atoms with Gasteiger partial charge in [0.25, 0.3) is 0 Å². The predicted molar refractivity (Wildman–Crippen MR) is 111 cm³/mol. The van der Waals surface area contributed by atoms with E-state index in [1.54, 1.807) is 29.5 Å². The van der Waals surface area contributed by atoms with E-state index in [-0.39, 0.29) is 0 Å². The summed E-state index contributed by atoms with van der Waals surface area (Å²) in [6.07, 6.45) is 0. The number of hydrogen-bond donors (Lipinski definition) is 0. The molecular weight excluding hydrogens is 380 g/mol. The lowest BCUT2D eigenvalue weighted by molar-refractivity contribution is 0.380. The van der Waals surface area contributed by atoms with E-state index >= 15 is 0 Å². The van der Waals surface area contributed by atoms with Gasteiger partial charge in [-0.25, -0.2) is 18.4 Å². The van der Waals surface area contributed by atoms with Gasteiger partial charge >= 0.3 is 0 Å². The minimum atomic E-state index is -3.22. The van der Waals surface area contributed by atoms with Crippen molar-refractivity contribution in [3.05, 3.63) is 41.8 Å². The number of benzene rings is 1. The smallest absolute Gasteiger partial charge is 0.216 e. The molecule has 1 aliphatic rings. The molecule has 0 amide bonds. The fourth-order valence-corrected chi connectivity index (χ4v) is 5.20. The van der Waals surface area contributed by atoms with E-state index in [0.717, 1.165) is 27.4 Å². The van der Waals surface area contributed by atoms with Crippen molar-refractivity contribution in [2.24, 2.45) is 0 Å². The fraction of sp³-hybridized carbons (Fsp3) is 0.368. The van der Waals surface area contributed by atoms with Gasteiger partial charge in [0.15, 0.2) is 5.82 Å². The highest BCUT2D eigenvalue weighted by Gasteiger charge is 2.30. The Morgan fingerprint density at radius 1 is 1.00 bits per heavy atom. The molecule has 0 aliphatic carbocycles. The molecule has 1 aliphatic heterocycles. The molecule has 0 atom stereocenters. The lowest BCUT2D eigenvalue weighted by Crippen LogP contribution is -2.50. The van der Waals surface area contributed by atoms with Gasteiger partial charge in [0.05, 0.1) is 15.6 Å². The van der Waals surface area contributed by atoms with Crippen molar-refractivity contribution in [3.8, 4) is 10.7 Å². The Balaban J connectivity index is 1.68. The van der Waals surface area contributed by atoms with Crippen molar-refractivity contribution in [1.82, 2.24) is 14.3 Å². The summed E-state index contributed by atoms with van der Waals surface area (Å²) in [5.74, 6) is 1.60. The van der Waals surface area contributed by atoms with E-state index in [4.69, 9.17) is 9.97 Å². The first-order valence-electron chi connectivity index (χ1n) is 9.01. The number of rotatable bonds is 4. The van der Waals surface area contributed by atoms with E-state index in [0.29, 0.717) is 26.2 Å². The lowest BCUT2D eigenvalue weighted by atomic mass is 10.2. The van der Waals surface area contributed by atoms with Crippen LogP contribution in [0.2, 0.25) is 0 Å². The van der Waals surface area contributed by atoms with Crippen molar-refractivity contribution in [2.45, 2.75) is 19.1 Å². The molecule has 6 nitrogen and oxygen atoms in total. The highest BCUT2D eigenvalue weighted by atomic mass is 32.2. The van der Waals surface area contributed by atoms with Crippen molar-refractivity contribution >= 4 is 38.1 Å². The first-order valence-corrected chi connectivity index (χ1v) is 11.4. The molecule has 0 radical (unpaired) electrons. The number of para-hydroxylation sites is 1. The van der Waals surface area contributed by atoms with E-state index in [1.165, 1.54) is 0 Å². The summed E-state index contributed by atoms with van der Waals surface area (Å²) >= 11 is 1.62. The zero-order chi connectivity index (χ0) is 19.0. The van der Waals surface area contributed by atoms with Gasteiger partial charge in [-0.1, -0.05) is 18.2 Å². The normalized spacial score (nSPS) is 16.3. The Bertz CT molecular complexity index is 1040. The van der Waals surface area contributed by atoms with Crippen molar-refractivity contribution in [3.63, 3.8) is 0 Å². The van der Waals surface area contributed by atoms with Crippen LogP contribution in [0, 0.1) is 0 Å². The van der Waals surface area contributed by atoms with Crippen molar-refractivity contribution < 1.29 is 8.42 Å². The largest absolute Gasteiger partial charge is 0.353 e. The average Bonchev–Trinajstić information content (AvgIpc) is 3.22. The molecule has 0 N–H and O–H groups in total. The maximum Gasteiger partial charge on any atom is 0.216 e. The molecule has 0 spiro atoms. The van der Waals surface area contributed by atoms with Crippen LogP contribution in [0.3, 0.4) is 0 Å². The molecule has 0 bridgehead atoms. The Morgan fingerprint density at radius 2 is 1.74 bits per heavy atom. The standard InChI is InChI=1S/C19H22N4O2S2/c1-14(2)27(24,25)23-11-9-22(10-12-23)19-15-6-3-4-7-16(15)20-18(21-19)17-8-5-13-26-17/h3-8,13-14H,9-12H2,1-2H3. The predicted octanol–water partition coefficient (Wildman–Crippen LogP) is 3.22. The molecule has 3 heterocycles. The maximum absolute atomic E-state index is 12.4. The van der Waals surface area contributed by atoms with Crippen LogP contribution < -0.4 is 4.90 Å². The summed E-state index contributed by atoms with van der Waals surface area (Å²) in [4.78, 5) is 12.8. The van der Waals surface area contributed by atoms with Gasteiger partial charge in [0.1, 0.15) is 5.82 Å². The van der Waals surface area contributed by atoms with Gasteiger partial charge < -0.3 is 4.90 Å². The fourth-order valence-electron chi connectivity index (χ4n) is 3.27. The Morgan fingerprint density at radius 3 is 2.41 bits per heavy atom. The summed E-state index contributed by atoms with van der Waals surface area (Å²) in [5.41, 5.74) is 0.906. The number of hydrogen-bond acceptors (Lipinski definition) is 6. The van der Waals surface area contributed by atoms with E-state index < -0.39 is 15.3 Å². The number of aromatic nitrogens is 2. The van der Waals surface area contributed by atoms with E-state index in [2.05, 4.69) is 4.90 Å². The quantitative estimate of drug-likeness (QED) is 0.670. The van der Waals surface area contributed by atoms with Crippen LogP contribution in [-0.2, 0) is 10.0 Å². The summed E-state index contributed by atoms with van der Waals surface area (Å²) in [7, 11) is -3.22. The Kier molecular flexibility index (Phi) is 4.88. The lowest BCUT2D eigenvalue weighted by Gasteiger charge is -2.36.